The van der Waals surface area contributed by atoms with Gasteiger partial charge >= 0.3 is 0 Å². The first-order valence-corrected chi connectivity index (χ1v) is 7.48. The average Bonchev–Trinajstić information content (AvgIpc) is 2.98. The molecule has 0 amide bonds. The van der Waals surface area contributed by atoms with E-state index in [4.69, 9.17) is 0 Å². The summed E-state index contributed by atoms with van der Waals surface area (Å²) in [5, 5.41) is 6.39. The third-order valence-corrected chi connectivity index (χ3v) is 5.39. The molecular formula is C10H13N3O2S2. The van der Waals surface area contributed by atoms with Crippen molar-refractivity contribution in [2.24, 2.45) is 0 Å². The van der Waals surface area contributed by atoms with Crippen LogP contribution in [0.4, 0.5) is 0 Å². The van der Waals surface area contributed by atoms with Crippen molar-refractivity contribution in [3.8, 4) is 0 Å². The number of rotatable bonds is 5. The van der Waals surface area contributed by atoms with Gasteiger partial charge in [0.25, 0.3) is 0 Å². The zero-order valence-electron chi connectivity index (χ0n) is 9.30. The van der Waals surface area contributed by atoms with Crippen molar-refractivity contribution in [2.45, 2.75) is 24.1 Å². The molecule has 0 aliphatic rings. The van der Waals surface area contributed by atoms with Crippen LogP contribution in [-0.4, -0.2) is 18.6 Å². The Morgan fingerprint density at radius 3 is 2.88 bits per heavy atom. The van der Waals surface area contributed by atoms with Gasteiger partial charge in [0, 0.05) is 23.2 Å². The third-order valence-electron chi connectivity index (χ3n) is 2.27. The van der Waals surface area contributed by atoms with E-state index in [2.05, 4.69) is 14.9 Å². The molecule has 0 aliphatic heterocycles. The average molecular weight is 271 g/mol. The molecule has 0 saturated heterocycles. The van der Waals surface area contributed by atoms with Gasteiger partial charge in [0.1, 0.15) is 4.21 Å². The van der Waals surface area contributed by atoms with E-state index in [1.54, 1.807) is 18.5 Å². The molecule has 2 N–H and O–H groups in total. The SMILES string of the molecule is CCc1ccc(S(=O)(=O)NCc2cn[nH]c2)s1. The van der Waals surface area contributed by atoms with E-state index in [-0.39, 0.29) is 6.54 Å². The number of H-pyrrole nitrogens is 1. The van der Waals surface area contributed by atoms with E-state index in [1.807, 2.05) is 13.0 Å². The number of nitrogens with one attached hydrogen (secondary N) is 2. The van der Waals surface area contributed by atoms with Gasteiger partial charge in [-0.25, -0.2) is 13.1 Å². The minimum Gasteiger partial charge on any atom is -0.285 e. The van der Waals surface area contributed by atoms with Gasteiger partial charge in [-0.3, -0.25) is 5.10 Å². The maximum Gasteiger partial charge on any atom is 0.250 e. The Morgan fingerprint density at radius 2 is 2.29 bits per heavy atom. The van der Waals surface area contributed by atoms with Crippen molar-refractivity contribution in [3.05, 3.63) is 35.0 Å². The van der Waals surface area contributed by atoms with E-state index in [1.165, 1.54) is 11.3 Å². The molecule has 17 heavy (non-hydrogen) atoms. The minimum absolute atomic E-state index is 0.248. The second-order valence-electron chi connectivity index (χ2n) is 3.51. The first kappa shape index (κ1) is 12.3. The molecular weight excluding hydrogens is 258 g/mol. The number of sulfonamides is 1. The molecule has 0 fully saturated rings. The van der Waals surface area contributed by atoms with E-state index < -0.39 is 10.0 Å². The van der Waals surface area contributed by atoms with Crippen molar-refractivity contribution < 1.29 is 8.42 Å². The van der Waals surface area contributed by atoms with Crippen molar-refractivity contribution in [3.63, 3.8) is 0 Å². The molecule has 2 heterocycles. The maximum absolute atomic E-state index is 11.9. The highest BCUT2D eigenvalue weighted by atomic mass is 32.2. The zero-order valence-corrected chi connectivity index (χ0v) is 10.9. The standard InChI is InChI=1S/C10H13N3O2S2/c1-2-9-3-4-10(16-9)17(14,15)13-7-8-5-11-12-6-8/h3-6,13H,2,7H2,1H3,(H,11,12). The molecule has 7 heteroatoms. The third kappa shape index (κ3) is 2.93. The summed E-state index contributed by atoms with van der Waals surface area (Å²) in [6, 6.07) is 3.48. The van der Waals surface area contributed by atoms with Gasteiger partial charge in [-0.15, -0.1) is 11.3 Å². The summed E-state index contributed by atoms with van der Waals surface area (Å²) in [6.07, 6.45) is 4.10. The van der Waals surface area contributed by atoms with Crippen LogP contribution in [0.3, 0.4) is 0 Å². The Kier molecular flexibility index (Phi) is 3.60. The highest BCUT2D eigenvalue weighted by Crippen LogP contribution is 2.21. The van der Waals surface area contributed by atoms with Crippen molar-refractivity contribution >= 4 is 21.4 Å². The van der Waals surface area contributed by atoms with Gasteiger partial charge < -0.3 is 0 Å². The molecule has 5 nitrogen and oxygen atoms in total. The lowest BCUT2D eigenvalue weighted by Crippen LogP contribution is -2.22. The van der Waals surface area contributed by atoms with Crippen LogP contribution in [0.2, 0.25) is 0 Å². The summed E-state index contributed by atoms with van der Waals surface area (Å²) in [4.78, 5) is 1.06. The van der Waals surface area contributed by atoms with E-state index in [0.29, 0.717) is 4.21 Å². The number of thiophene rings is 1. The lowest BCUT2D eigenvalue weighted by Gasteiger charge is -2.02. The highest BCUT2D eigenvalue weighted by Gasteiger charge is 2.16. The van der Waals surface area contributed by atoms with Crippen LogP contribution >= 0.6 is 11.3 Å². The second kappa shape index (κ2) is 4.99. The minimum atomic E-state index is -3.40. The van der Waals surface area contributed by atoms with E-state index >= 15 is 0 Å². The second-order valence-corrected chi connectivity index (χ2v) is 6.67. The van der Waals surface area contributed by atoms with Gasteiger partial charge in [0.2, 0.25) is 10.0 Å². The fourth-order valence-corrected chi connectivity index (χ4v) is 3.67. The monoisotopic (exact) mass is 271 g/mol. The summed E-state index contributed by atoms with van der Waals surface area (Å²) < 4.78 is 26.7. The summed E-state index contributed by atoms with van der Waals surface area (Å²) in [7, 11) is -3.40. The Labute approximate surface area is 104 Å². The first-order chi connectivity index (χ1) is 8.12. The van der Waals surface area contributed by atoms with E-state index in [0.717, 1.165) is 16.9 Å². The van der Waals surface area contributed by atoms with Crippen molar-refractivity contribution in [1.82, 2.24) is 14.9 Å². The van der Waals surface area contributed by atoms with Gasteiger partial charge in [0.05, 0.1) is 6.20 Å². The van der Waals surface area contributed by atoms with Gasteiger partial charge in [0.15, 0.2) is 0 Å². The predicted octanol–water partition coefficient (Wildman–Crippen LogP) is 1.51. The van der Waals surface area contributed by atoms with E-state index in [9.17, 15) is 8.42 Å². The molecule has 0 atom stereocenters. The normalized spacial score (nSPS) is 11.8. The number of aryl methyl sites for hydroxylation is 1. The number of aromatic amines is 1. The summed E-state index contributed by atoms with van der Waals surface area (Å²) in [5.74, 6) is 0. The first-order valence-electron chi connectivity index (χ1n) is 5.18. The molecule has 2 rings (SSSR count). The Morgan fingerprint density at radius 1 is 1.47 bits per heavy atom. The fraction of sp³-hybridized carbons (Fsp3) is 0.300. The Bertz CT molecular complexity index is 572. The fourth-order valence-electron chi connectivity index (χ4n) is 1.32. The summed E-state index contributed by atoms with van der Waals surface area (Å²) in [6.45, 7) is 2.25. The molecule has 2 aromatic heterocycles. The largest absolute Gasteiger partial charge is 0.285 e. The van der Waals surface area contributed by atoms with Crippen LogP contribution in [0.5, 0.6) is 0 Å². The number of aromatic nitrogens is 2. The molecule has 0 radical (unpaired) electrons. The van der Waals surface area contributed by atoms with Crippen LogP contribution in [0.15, 0.2) is 28.7 Å². The van der Waals surface area contributed by atoms with Crippen LogP contribution in [0.1, 0.15) is 17.4 Å². The Hall–Kier alpha value is -1.18. The smallest absolute Gasteiger partial charge is 0.250 e. The summed E-state index contributed by atoms with van der Waals surface area (Å²) in [5.41, 5.74) is 0.806. The number of hydrogen-bond donors (Lipinski definition) is 2. The lowest BCUT2D eigenvalue weighted by molar-refractivity contribution is 0.583. The van der Waals surface area contributed by atoms with Gasteiger partial charge in [-0.05, 0) is 18.6 Å². The van der Waals surface area contributed by atoms with Crippen LogP contribution in [0.25, 0.3) is 0 Å². The molecule has 0 spiro atoms. The molecule has 0 aliphatic carbocycles. The predicted molar refractivity (Wildman–Crippen MR) is 66.3 cm³/mol. The quantitative estimate of drug-likeness (QED) is 0.865. The molecule has 0 aromatic carbocycles. The van der Waals surface area contributed by atoms with Crippen LogP contribution in [-0.2, 0) is 23.0 Å². The maximum atomic E-state index is 11.9. The van der Waals surface area contributed by atoms with Gasteiger partial charge in [-0.1, -0.05) is 6.92 Å². The topological polar surface area (TPSA) is 74.8 Å². The van der Waals surface area contributed by atoms with Gasteiger partial charge in [-0.2, -0.15) is 5.10 Å². The number of nitrogens with zero attached hydrogens (tertiary/aromatic N) is 1. The van der Waals surface area contributed by atoms with Crippen molar-refractivity contribution in [1.29, 1.82) is 0 Å². The molecule has 2 aromatic rings. The lowest BCUT2D eigenvalue weighted by atomic mass is 10.4. The zero-order chi connectivity index (χ0) is 12.3. The van der Waals surface area contributed by atoms with Crippen LogP contribution in [0, 0.1) is 0 Å². The number of hydrogen-bond acceptors (Lipinski definition) is 4. The molecule has 0 unspecified atom stereocenters. The van der Waals surface area contributed by atoms with Crippen LogP contribution < -0.4 is 4.72 Å². The molecule has 0 bridgehead atoms. The molecule has 92 valence electrons. The summed E-state index contributed by atoms with van der Waals surface area (Å²) >= 11 is 1.30. The Balaban J connectivity index is 2.08. The van der Waals surface area contributed by atoms with Crippen molar-refractivity contribution in [2.75, 3.05) is 0 Å². The molecule has 0 saturated carbocycles. The highest BCUT2D eigenvalue weighted by molar-refractivity contribution is 7.91.